The molecule has 2 N–H and O–H groups in total. The lowest BCUT2D eigenvalue weighted by Gasteiger charge is -2.23. The first-order valence-corrected chi connectivity index (χ1v) is 8.25. The van der Waals surface area contributed by atoms with Gasteiger partial charge in [-0.15, -0.1) is 0 Å². The summed E-state index contributed by atoms with van der Waals surface area (Å²) < 4.78 is 5.40. The van der Waals surface area contributed by atoms with Gasteiger partial charge in [0.05, 0.1) is 11.8 Å². The van der Waals surface area contributed by atoms with E-state index in [1.165, 1.54) is 0 Å². The summed E-state index contributed by atoms with van der Waals surface area (Å²) in [4.78, 5) is 18.3. The maximum absolute atomic E-state index is 12.4. The lowest BCUT2D eigenvalue weighted by Crippen LogP contribution is -2.37. The normalized spacial score (nSPS) is 20.1. The number of rotatable bonds is 4. The van der Waals surface area contributed by atoms with Gasteiger partial charge in [0.2, 0.25) is 5.89 Å². The van der Waals surface area contributed by atoms with Crippen molar-refractivity contribution in [1.29, 1.82) is 0 Å². The summed E-state index contributed by atoms with van der Waals surface area (Å²) in [5.41, 5.74) is 2.32. The number of hydrogen-bond donors (Lipinski definition) is 2. The third-order valence-electron chi connectivity index (χ3n) is 4.45. The van der Waals surface area contributed by atoms with Gasteiger partial charge in [0, 0.05) is 30.8 Å². The van der Waals surface area contributed by atoms with Crippen LogP contribution in [-0.4, -0.2) is 40.7 Å². The van der Waals surface area contributed by atoms with Crippen LogP contribution in [0.2, 0.25) is 0 Å². The molecule has 1 aromatic carbocycles. The van der Waals surface area contributed by atoms with E-state index in [0.29, 0.717) is 18.1 Å². The van der Waals surface area contributed by atoms with E-state index in [9.17, 15) is 9.90 Å². The Morgan fingerprint density at radius 3 is 2.96 bits per heavy atom. The maximum atomic E-state index is 12.4. The van der Waals surface area contributed by atoms with Crippen molar-refractivity contribution in [2.24, 2.45) is 5.92 Å². The van der Waals surface area contributed by atoms with Gasteiger partial charge in [-0.05, 0) is 38.0 Å². The number of aryl methyl sites for hydroxylation is 1. The molecular weight excluding hydrogens is 306 g/mol. The Morgan fingerprint density at radius 2 is 2.29 bits per heavy atom. The first-order valence-electron chi connectivity index (χ1n) is 8.25. The molecule has 1 aliphatic carbocycles. The molecule has 0 saturated heterocycles. The quantitative estimate of drug-likeness (QED) is 0.902. The van der Waals surface area contributed by atoms with Crippen molar-refractivity contribution in [3.05, 3.63) is 36.2 Å². The highest BCUT2D eigenvalue weighted by Gasteiger charge is 2.27. The van der Waals surface area contributed by atoms with Crippen LogP contribution >= 0.6 is 0 Å². The van der Waals surface area contributed by atoms with E-state index in [-0.39, 0.29) is 18.1 Å². The Hall–Kier alpha value is -2.34. The Balaban J connectivity index is 1.63. The number of oxazole rings is 1. The van der Waals surface area contributed by atoms with Crippen molar-refractivity contribution in [2.75, 3.05) is 18.9 Å². The van der Waals surface area contributed by atoms with Crippen LogP contribution in [0.15, 0.2) is 34.9 Å². The van der Waals surface area contributed by atoms with Gasteiger partial charge in [-0.2, -0.15) is 0 Å². The maximum Gasteiger partial charge on any atom is 0.321 e. The van der Waals surface area contributed by atoms with E-state index in [4.69, 9.17) is 4.42 Å². The molecule has 1 aromatic heterocycles. The standard InChI is InChI=1S/C18H23N3O3/c1-12-11-24-17(19-12)13-5-3-7-15(9-13)20-18(23)21(2)10-14-6-4-8-16(14)22/h3,5,7,9,11,14,16,22H,4,6,8,10H2,1-2H3,(H,20,23). The topological polar surface area (TPSA) is 78.6 Å². The van der Waals surface area contributed by atoms with Crippen molar-refractivity contribution >= 4 is 11.7 Å². The van der Waals surface area contributed by atoms with E-state index in [1.54, 1.807) is 18.2 Å². The molecule has 0 bridgehead atoms. The highest BCUT2D eigenvalue weighted by atomic mass is 16.3. The smallest absolute Gasteiger partial charge is 0.321 e. The minimum absolute atomic E-state index is 0.169. The fraction of sp³-hybridized carbons (Fsp3) is 0.444. The van der Waals surface area contributed by atoms with Crippen LogP contribution in [0.25, 0.3) is 11.5 Å². The van der Waals surface area contributed by atoms with Gasteiger partial charge in [-0.1, -0.05) is 12.5 Å². The van der Waals surface area contributed by atoms with Crippen LogP contribution in [0, 0.1) is 12.8 Å². The monoisotopic (exact) mass is 329 g/mol. The van der Waals surface area contributed by atoms with E-state index in [1.807, 2.05) is 31.2 Å². The number of benzene rings is 1. The van der Waals surface area contributed by atoms with Gasteiger partial charge in [-0.3, -0.25) is 0 Å². The molecule has 0 spiro atoms. The summed E-state index contributed by atoms with van der Waals surface area (Å²) >= 11 is 0. The zero-order valence-electron chi connectivity index (χ0n) is 14.0. The molecule has 3 rings (SSSR count). The zero-order chi connectivity index (χ0) is 17.1. The molecule has 0 aliphatic heterocycles. The molecule has 2 unspecified atom stereocenters. The van der Waals surface area contributed by atoms with Gasteiger partial charge in [0.1, 0.15) is 6.26 Å². The lowest BCUT2D eigenvalue weighted by atomic mass is 10.1. The summed E-state index contributed by atoms with van der Waals surface area (Å²) in [5, 5.41) is 12.8. The van der Waals surface area contributed by atoms with Crippen LogP contribution in [0.5, 0.6) is 0 Å². The van der Waals surface area contributed by atoms with Gasteiger partial charge in [0.25, 0.3) is 0 Å². The number of nitrogens with zero attached hydrogens (tertiary/aromatic N) is 2. The minimum Gasteiger partial charge on any atom is -0.444 e. The molecule has 6 nitrogen and oxygen atoms in total. The Bertz CT molecular complexity index is 713. The number of aromatic nitrogens is 1. The van der Waals surface area contributed by atoms with Crippen LogP contribution in [-0.2, 0) is 0 Å². The third-order valence-corrected chi connectivity index (χ3v) is 4.45. The highest BCUT2D eigenvalue weighted by molar-refractivity contribution is 5.89. The molecule has 1 aliphatic rings. The van der Waals surface area contributed by atoms with Crippen molar-refractivity contribution in [1.82, 2.24) is 9.88 Å². The highest BCUT2D eigenvalue weighted by Crippen LogP contribution is 2.26. The number of carbonyl (C=O) groups is 1. The van der Waals surface area contributed by atoms with Crippen molar-refractivity contribution < 1.29 is 14.3 Å². The number of hydrogen-bond acceptors (Lipinski definition) is 4. The van der Waals surface area contributed by atoms with Crippen LogP contribution < -0.4 is 5.32 Å². The number of anilines is 1. The first-order chi connectivity index (χ1) is 11.5. The molecule has 24 heavy (non-hydrogen) atoms. The SMILES string of the molecule is Cc1coc(-c2cccc(NC(=O)N(C)CC3CCCC3O)c2)n1. The average molecular weight is 329 g/mol. The van der Waals surface area contributed by atoms with E-state index < -0.39 is 0 Å². The molecule has 0 radical (unpaired) electrons. The molecule has 2 aromatic rings. The molecule has 1 saturated carbocycles. The Morgan fingerprint density at radius 1 is 1.46 bits per heavy atom. The summed E-state index contributed by atoms with van der Waals surface area (Å²) in [6, 6.07) is 7.22. The van der Waals surface area contributed by atoms with Gasteiger partial charge < -0.3 is 19.7 Å². The predicted octanol–water partition coefficient (Wildman–Crippen LogP) is 3.27. The molecule has 1 heterocycles. The molecule has 1 fully saturated rings. The number of aliphatic hydroxyl groups excluding tert-OH is 1. The summed E-state index contributed by atoms with van der Waals surface area (Å²) in [6.45, 7) is 2.43. The average Bonchev–Trinajstić information content (AvgIpc) is 3.16. The van der Waals surface area contributed by atoms with Crippen LogP contribution in [0.3, 0.4) is 0 Å². The number of aliphatic hydroxyl groups is 1. The van der Waals surface area contributed by atoms with Crippen LogP contribution in [0.4, 0.5) is 10.5 Å². The second kappa shape index (κ2) is 7.05. The van der Waals surface area contributed by atoms with Gasteiger partial charge >= 0.3 is 6.03 Å². The van der Waals surface area contributed by atoms with Crippen LogP contribution in [0.1, 0.15) is 25.0 Å². The number of urea groups is 1. The van der Waals surface area contributed by atoms with Gasteiger partial charge in [-0.25, -0.2) is 9.78 Å². The van der Waals surface area contributed by atoms with Crippen molar-refractivity contribution in [3.63, 3.8) is 0 Å². The number of nitrogens with one attached hydrogen (secondary N) is 1. The fourth-order valence-electron chi connectivity index (χ4n) is 3.10. The third kappa shape index (κ3) is 3.76. The van der Waals surface area contributed by atoms with E-state index in [0.717, 1.165) is 30.5 Å². The summed E-state index contributed by atoms with van der Waals surface area (Å²) in [6.07, 6.45) is 4.13. The lowest BCUT2D eigenvalue weighted by molar-refractivity contribution is 0.116. The van der Waals surface area contributed by atoms with E-state index >= 15 is 0 Å². The minimum atomic E-state index is -0.295. The molecule has 2 atom stereocenters. The second-order valence-electron chi connectivity index (χ2n) is 6.44. The summed E-state index contributed by atoms with van der Waals surface area (Å²) in [7, 11) is 1.75. The van der Waals surface area contributed by atoms with Crippen molar-refractivity contribution in [3.8, 4) is 11.5 Å². The molecule has 128 valence electrons. The Labute approximate surface area is 141 Å². The Kier molecular flexibility index (Phi) is 4.85. The fourth-order valence-corrected chi connectivity index (χ4v) is 3.10. The first kappa shape index (κ1) is 16.5. The molecule has 6 heteroatoms. The zero-order valence-corrected chi connectivity index (χ0v) is 14.0. The summed E-state index contributed by atoms with van der Waals surface area (Å²) in [5.74, 6) is 0.702. The second-order valence-corrected chi connectivity index (χ2v) is 6.44. The van der Waals surface area contributed by atoms with Crippen molar-refractivity contribution in [2.45, 2.75) is 32.3 Å². The van der Waals surface area contributed by atoms with Gasteiger partial charge in [0.15, 0.2) is 0 Å². The number of amides is 2. The molecular formula is C18H23N3O3. The molecule has 2 amide bonds. The van der Waals surface area contributed by atoms with E-state index in [2.05, 4.69) is 10.3 Å². The number of carbonyl (C=O) groups excluding carboxylic acids is 1. The predicted molar refractivity (Wildman–Crippen MR) is 91.7 cm³/mol. The largest absolute Gasteiger partial charge is 0.444 e.